The van der Waals surface area contributed by atoms with Gasteiger partial charge in [0.25, 0.3) is 10.0 Å². The van der Waals surface area contributed by atoms with Crippen LogP contribution < -0.4 is 10.2 Å². The number of likely N-dealkylation sites (tertiary alicyclic amines) is 1. The standard InChI is InChI=1S/C25H31N5O3S/c1-18-16-20(9-10-22(18)29-14-12-28(2)13-15-29)26-25(31)19-6-5-11-30(17-19)24-21-7-3-4-8-23(21)34(32,33)27-24/h3-4,7-10,16,19H,5-6,11-15,17H2,1-2H3,(H,26,31)/t19-/m1/s1. The van der Waals surface area contributed by atoms with Crippen molar-refractivity contribution in [3.05, 3.63) is 53.6 Å². The summed E-state index contributed by atoms with van der Waals surface area (Å²) in [5, 5.41) is 3.09. The first-order valence-electron chi connectivity index (χ1n) is 11.9. The van der Waals surface area contributed by atoms with Crippen LogP contribution in [0.15, 0.2) is 51.8 Å². The maximum Gasteiger partial charge on any atom is 0.285 e. The normalized spacial score (nSPS) is 22.3. The number of aryl methyl sites for hydroxylation is 1. The molecule has 0 aromatic heterocycles. The largest absolute Gasteiger partial charge is 0.369 e. The molecule has 2 aromatic rings. The Morgan fingerprint density at radius 1 is 1.03 bits per heavy atom. The van der Waals surface area contributed by atoms with Crippen molar-refractivity contribution >= 4 is 33.1 Å². The number of anilines is 2. The van der Waals surface area contributed by atoms with Crippen LogP contribution in [0, 0.1) is 12.8 Å². The third kappa shape index (κ3) is 4.42. The minimum atomic E-state index is -3.67. The number of hydrogen-bond donors (Lipinski definition) is 1. The number of nitrogens with one attached hydrogen (secondary N) is 1. The number of sulfonamides is 1. The van der Waals surface area contributed by atoms with Crippen molar-refractivity contribution in [2.75, 3.05) is 56.5 Å². The van der Waals surface area contributed by atoms with Crippen LogP contribution in [0.2, 0.25) is 0 Å². The lowest BCUT2D eigenvalue weighted by molar-refractivity contribution is -0.121. The van der Waals surface area contributed by atoms with Crippen LogP contribution in [0.1, 0.15) is 24.0 Å². The van der Waals surface area contributed by atoms with E-state index in [1.807, 2.05) is 23.1 Å². The topological polar surface area (TPSA) is 85.3 Å². The number of piperazine rings is 1. The van der Waals surface area contributed by atoms with Gasteiger partial charge in [-0.3, -0.25) is 4.79 Å². The third-order valence-corrected chi connectivity index (χ3v) is 8.34. The molecule has 0 bridgehead atoms. The minimum absolute atomic E-state index is 0.0359. The molecule has 1 atom stereocenters. The smallest absolute Gasteiger partial charge is 0.285 e. The van der Waals surface area contributed by atoms with Crippen molar-refractivity contribution in [2.24, 2.45) is 10.3 Å². The molecule has 5 rings (SSSR count). The number of likely N-dealkylation sites (N-methyl/N-ethyl adjacent to an activating group) is 1. The van der Waals surface area contributed by atoms with Crippen LogP contribution in [0.4, 0.5) is 11.4 Å². The zero-order valence-electron chi connectivity index (χ0n) is 19.7. The number of piperidine rings is 1. The molecule has 3 aliphatic rings. The number of carbonyl (C=O) groups excluding carboxylic acids is 1. The van der Waals surface area contributed by atoms with E-state index in [4.69, 9.17) is 0 Å². The van der Waals surface area contributed by atoms with Gasteiger partial charge in [-0.1, -0.05) is 12.1 Å². The fourth-order valence-electron chi connectivity index (χ4n) is 5.08. The van der Waals surface area contributed by atoms with Crippen molar-refractivity contribution in [3.63, 3.8) is 0 Å². The summed E-state index contributed by atoms with van der Waals surface area (Å²) in [6, 6.07) is 13.0. The molecule has 1 N–H and O–H groups in total. The zero-order valence-corrected chi connectivity index (χ0v) is 20.5. The van der Waals surface area contributed by atoms with E-state index in [-0.39, 0.29) is 16.7 Å². The number of amidine groups is 1. The molecule has 9 heteroatoms. The van der Waals surface area contributed by atoms with Gasteiger partial charge in [-0.15, -0.1) is 4.40 Å². The Morgan fingerprint density at radius 2 is 1.79 bits per heavy atom. The van der Waals surface area contributed by atoms with Gasteiger partial charge in [0.2, 0.25) is 5.91 Å². The molecule has 1 amide bonds. The Kier molecular flexibility index (Phi) is 6.07. The van der Waals surface area contributed by atoms with Crippen molar-refractivity contribution < 1.29 is 13.2 Å². The van der Waals surface area contributed by atoms with Crippen molar-refractivity contribution in [1.29, 1.82) is 0 Å². The van der Waals surface area contributed by atoms with E-state index in [0.29, 0.717) is 24.5 Å². The van der Waals surface area contributed by atoms with Gasteiger partial charge in [0.05, 0.1) is 5.92 Å². The van der Waals surface area contributed by atoms with Crippen molar-refractivity contribution in [1.82, 2.24) is 9.80 Å². The number of amides is 1. The summed E-state index contributed by atoms with van der Waals surface area (Å²) in [4.78, 5) is 20.0. The van der Waals surface area contributed by atoms with Gasteiger partial charge in [-0.2, -0.15) is 8.42 Å². The van der Waals surface area contributed by atoms with Crippen LogP contribution in [0.25, 0.3) is 0 Å². The molecule has 2 saturated heterocycles. The maximum absolute atomic E-state index is 13.1. The second kappa shape index (κ2) is 9.03. The maximum atomic E-state index is 13.1. The Balaban J connectivity index is 1.27. The highest BCUT2D eigenvalue weighted by Crippen LogP contribution is 2.30. The molecular formula is C25H31N5O3S. The van der Waals surface area contributed by atoms with E-state index in [9.17, 15) is 13.2 Å². The summed E-state index contributed by atoms with van der Waals surface area (Å²) in [5.41, 5.74) is 3.78. The lowest BCUT2D eigenvalue weighted by atomic mass is 9.96. The Hall–Kier alpha value is -2.91. The van der Waals surface area contributed by atoms with Gasteiger partial charge >= 0.3 is 0 Å². The summed E-state index contributed by atoms with van der Waals surface area (Å²) < 4.78 is 28.9. The Labute approximate surface area is 201 Å². The second-order valence-electron chi connectivity index (χ2n) is 9.45. The fourth-order valence-corrected chi connectivity index (χ4v) is 6.31. The molecule has 180 valence electrons. The SMILES string of the molecule is Cc1cc(NC(=O)[C@@H]2CCCN(C3=NS(=O)(=O)c4ccccc43)C2)ccc1N1CCN(C)CC1. The monoisotopic (exact) mass is 481 g/mol. The van der Waals surface area contributed by atoms with Gasteiger partial charge < -0.3 is 20.0 Å². The Bertz CT molecular complexity index is 1230. The van der Waals surface area contributed by atoms with Crippen LogP contribution >= 0.6 is 0 Å². The first kappa shape index (κ1) is 22.9. The summed E-state index contributed by atoms with van der Waals surface area (Å²) in [6.45, 7) is 7.33. The van der Waals surface area contributed by atoms with Crippen molar-refractivity contribution in [3.8, 4) is 0 Å². The number of fused-ring (bicyclic) bond motifs is 1. The number of benzene rings is 2. The molecule has 3 aliphatic heterocycles. The van der Waals surface area contributed by atoms with E-state index >= 15 is 0 Å². The van der Waals surface area contributed by atoms with E-state index in [2.05, 4.69) is 39.6 Å². The zero-order chi connectivity index (χ0) is 23.9. The van der Waals surface area contributed by atoms with Gasteiger partial charge in [0, 0.05) is 56.2 Å². The Morgan fingerprint density at radius 3 is 2.56 bits per heavy atom. The van der Waals surface area contributed by atoms with Crippen LogP contribution in [-0.2, 0) is 14.8 Å². The summed E-state index contributed by atoms with van der Waals surface area (Å²) in [5.74, 6) is 0.191. The van der Waals surface area contributed by atoms with Crippen LogP contribution in [0.3, 0.4) is 0 Å². The molecule has 8 nitrogen and oxygen atoms in total. The molecule has 0 aliphatic carbocycles. The number of rotatable bonds is 3. The molecule has 2 aromatic carbocycles. The average Bonchev–Trinajstić information content (AvgIpc) is 3.11. The van der Waals surface area contributed by atoms with Gasteiger partial charge in [-0.25, -0.2) is 0 Å². The van der Waals surface area contributed by atoms with E-state index in [1.54, 1.807) is 18.2 Å². The summed E-state index contributed by atoms with van der Waals surface area (Å²) >= 11 is 0. The van der Waals surface area contributed by atoms with Gasteiger partial charge in [0.1, 0.15) is 4.90 Å². The fraction of sp³-hybridized carbons (Fsp3) is 0.440. The molecule has 34 heavy (non-hydrogen) atoms. The summed E-state index contributed by atoms with van der Waals surface area (Å²) in [7, 11) is -1.53. The van der Waals surface area contributed by atoms with Crippen molar-refractivity contribution in [2.45, 2.75) is 24.7 Å². The van der Waals surface area contributed by atoms with Crippen LogP contribution in [-0.4, -0.2) is 76.3 Å². The molecule has 0 unspecified atom stereocenters. The first-order valence-corrected chi connectivity index (χ1v) is 13.3. The molecule has 0 saturated carbocycles. The summed E-state index contributed by atoms with van der Waals surface area (Å²) in [6.07, 6.45) is 1.57. The quantitative estimate of drug-likeness (QED) is 0.725. The van der Waals surface area contributed by atoms with Gasteiger partial charge in [-0.05, 0) is 62.7 Å². The third-order valence-electron chi connectivity index (χ3n) is 7.01. The van der Waals surface area contributed by atoms with E-state index < -0.39 is 10.0 Å². The molecule has 0 spiro atoms. The second-order valence-corrected chi connectivity index (χ2v) is 11.0. The number of hydrogen-bond acceptors (Lipinski definition) is 6. The molecule has 0 radical (unpaired) electrons. The minimum Gasteiger partial charge on any atom is -0.369 e. The number of carbonyl (C=O) groups is 1. The highest BCUT2D eigenvalue weighted by atomic mass is 32.2. The first-order chi connectivity index (χ1) is 16.3. The number of nitrogens with zero attached hydrogens (tertiary/aromatic N) is 4. The lowest BCUT2D eigenvalue weighted by Gasteiger charge is -2.35. The highest BCUT2D eigenvalue weighted by molar-refractivity contribution is 7.90. The molecule has 3 heterocycles. The molecular weight excluding hydrogens is 450 g/mol. The van der Waals surface area contributed by atoms with E-state index in [0.717, 1.165) is 50.3 Å². The molecule has 2 fully saturated rings. The lowest BCUT2D eigenvalue weighted by Crippen LogP contribution is -2.44. The highest BCUT2D eigenvalue weighted by Gasteiger charge is 2.35. The van der Waals surface area contributed by atoms with Crippen LogP contribution in [0.5, 0.6) is 0 Å². The predicted octanol–water partition coefficient (Wildman–Crippen LogP) is 2.55. The predicted molar refractivity (Wildman–Crippen MR) is 134 cm³/mol. The van der Waals surface area contributed by atoms with Gasteiger partial charge in [0.15, 0.2) is 5.84 Å². The van der Waals surface area contributed by atoms with E-state index in [1.165, 1.54) is 5.69 Å². The average molecular weight is 482 g/mol.